The molecule has 2 aromatic carbocycles. The smallest absolute Gasteiger partial charge is 0.289 e. The second kappa shape index (κ2) is 8.88. The van der Waals surface area contributed by atoms with Crippen LogP contribution in [0.5, 0.6) is 5.75 Å². The topological polar surface area (TPSA) is 136 Å². The number of methoxy groups -OCH3 is 1. The van der Waals surface area contributed by atoms with E-state index in [0.29, 0.717) is 22.4 Å². The Bertz CT molecular complexity index is 1480. The first kappa shape index (κ1) is 22.2. The number of nitrogens with one attached hydrogen (secondary N) is 1. The highest BCUT2D eigenvalue weighted by molar-refractivity contribution is 7.89. The van der Waals surface area contributed by atoms with Crippen LogP contribution in [0.25, 0.3) is 10.9 Å². The molecule has 10 nitrogen and oxygen atoms in total. The third kappa shape index (κ3) is 4.49. The van der Waals surface area contributed by atoms with E-state index >= 15 is 0 Å². The predicted molar refractivity (Wildman–Crippen MR) is 119 cm³/mol. The number of H-pyrrole nitrogens is 1. The first-order chi connectivity index (χ1) is 15.8. The normalized spacial score (nSPS) is 11.7. The molecule has 4 rings (SSSR count). The number of nitrogens with zero attached hydrogens (tertiary/aromatic N) is 2. The lowest BCUT2D eigenvalue weighted by molar-refractivity contribution is -0.387. The van der Waals surface area contributed by atoms with Crippen LogP contribution in [0.1, 0.15) is 11.3 Å². The van der Waals surface area contributed by atoms with Crippen LogP contribution in [-0.2, 0) is 23.1 Å². The van der Waals surface area contributed by atoms with E-state index < -0.39 is 31.1 Å². The van der Waals surface area contributed by atoms with Gasteiger partial charge in [0, 0.05) is 24.2 Å². The molecule has 2 aromatic heterocycles. The fourth-order valence-electron chi connectivity index (χ4n) is 3.43. The lowest BCUT2D eigenvalue weighted by atomic mass is 10.1. The van der Waals surface area contributed by atoms with Gasteiger partial charge in [0.25, 0.3) is 21.3 Å². The zero-order chi connectivity index (χ0) is 23.6. The maximum Gasteiger partial charge on any atom is 0.289 e. The summed E-state index contributed by atoms with van der Waals surface area (Å²) in [4.78, 5) is 25.7. The minimum absolute atomic E-state index is 0.168. The van der Waals surface area contributed by atoms with Crippen molar-refractivity contribution in [1.82, 2.24) is 9.29 Å². The number of sulfonamides is 1. The number of pyridine rings is 1. The molecule has 11 heteroatoms. The van der Waals surface area contributed by atoms with Crippen molar-refractivity contribution in [1.29, 1.82) is 0 Å². The number of nitro benzene ring substituents is 1. The predicted octanol–water partition coefficient (Wildman–Crippen LogP) is 3.43. The third-order valence-corrected chi connectivity index (χ3v) is 6.91. The number of hydrogen-bond acceptors (Lipinski definition) is 7. The third-order valence-electron chi connectivity index (χ3n) is 5.07. The monoisotopic (exact) mass is 469 g/mol. The van der Waals surface area contributed by atoms with Crippen molar-refractivity contribution < 1.29 is 22.5 Å². The zero-order valence-electron chi connectivity index (χ0n) is 17.4. The molecule has 0 spiro atoms. The number of nitro groups is 1. The molecule has 1 N–H and O–H groups in total. The number of aromatic nitrogens is 1. The van der Waals surface area contributed by atoms with Crippen molar-refractivity contribution in [2.24, 2.45) is 0 Å². The van der Waals surface area contributed by atoms with E-state index in [1.54, 1.807) is 36.4 Å². The Kier molecular flexibility index (Phi) is 5.99. The molecule has 33 heavy (non-hydrogen) atoms. The first-order valence-electron chi connectivity index (χ1n) is 9.75. The summed E-state index contributed by atoms with van der Waals surface area (Å²) in [7, 11) is -2.87. The lowest BCUT2D eigenvalue weighted by Crippen LogP contribution is -2.32. The second-order valence-electron chi connectivity index (χ2n) is 7.15. The highest BCUT2D eigenvalue weighted by atomic mass is 32.2. The molecule has 0 unspecified atom stereocenters. The minimum Gasteiger partial charge on any atom is -0.497 e. The summed E-state index contributed by atoms with van der Waals surface area (Å²) >= 11 is 0. The Hall–Kier alpha value is -3.96. The van der Waals surface area contributed by atoms with Crippen LogP contribution in [0.15, 0.2) is 81.0 Å². The summed E-state index contributed by atoms with van der Waals surface area (Å²) in [6.45, 7) is -0.548. The molecule has 0 aliphatic rings. The van der Waals surface area contributed by atoms with Crippen LogP contribution >= 0.6 is 0 Å². The van der Waals surface area contributed by atoms with Crippen LogP contribution in [0.3, 0.4) is 0 Å². The van der Waals surface area contributed by atoms with Gasteiger partial charge in [-0.05, 0) is 41.8 Å². The fraction of sp³-hybridized carbons (Fsp3) is 0.136. The van der Waals surface area contributed by atoms with Crippen LogP contribution in [0.4, 0.5) is 5.69 Å². The van der Waals surface area contributed by atoms with Crippen LogP contribution in [-0.4, -0.2) is 29.7 Å². The van der Waals surface area contributed by atoms with Crippen molar-refractivity contribution in [2.45, 2.75) is 18.0 Å². The summed E-state index contributed by atoms with van der Waals surface area (Å²) in [6, 6.07) is 14.9. The molecule has 0 radical (unpaired) electrons. The van der Waals surface area contributed by atoms with Gasteiger partial charge in [0.2, 0.25) is 0 Å². The van der Waals surface area contributed by atoms with Gasteiger partial charge in [-0.2, -0.15) is 4.31 Å². The van der Waals surface area contributed by atoms with E-state index in [-0.39, 0.29) is 18.7 Å². The van der Waals surface area contributed by atoms with E-state index in [1.807, 2.05) is 0 Å². The highest BCUT2D eigenvalue weighted by Crippen LogP contribution is 2.29. The maximum absolute atomic E-state index is 13.5. The van der Waals surface area contributed by atoms with Crippen molar-refractivity contribution >= 4 is 26.6 Å². The lowest BCUT2D eigenvalue weighted by Gasteiger charge is -2.21. The van der Waals surface area contributed by atoms with E-state index in [0.717, 1.165) is 10.4 Å². The molecule has 2 heterocycles. The van der Waals surface area contributed by atoms with E-state index in [4.69, 9.17) is 9.15 Å². The summed E-state index contributed by atoms with van der Waals surface area (Å²) in [6.07, 6.45) is 1.39. The number of aromatic amines is 1. The Morgan fingerprint density at radius 2 is 1.88 bits per heavy atom. The molecule has 170 valence electrons. The molecular formula is C22H19N3O7S. The average molecular weight is 469 g/mol. The van der Waals surface area contributed by atoms with Crippen LogP contribution in [0, 0.1) is 10.1 Å². The van der Waals surface area contributed by atoms with Gasteiger partial charge < -0.3 is 14.1 Å². The van der Waals surface area contributed by atoms with Gasteiger partial charge in [-0.3, -0.25) is 14.9 Å². The number of furan rings is 1. The largest absolute Gasteiger partial charge is 0.497 e. The molecule has 0 saturated carbocycles. The standard InChI is InChI=1S/C22H19N3O7S/c1-31-17-9-8-15-11-16(22(26)23-19(15)12-17)13-24(14-18-5-4-10-32-18)33(29,30)21-7-3-2-6-20(21)25(27)28/h2-12H,13-14H2,1H3,(H,23,26). The van der Waals surface area contributed by atoms with Crippen LogP contribution < -0.4 is 10.3 Å². The van der Waals surface area contributed by atoms with Gasteiger partial charge in [-0.15, -0.1) is 0 Å². The molecule has 0 bridgehead atoms. The summed E-state index contributed by atoms with van der Waals surface area (Å²) in [5.74, 6) is 0.878. The summed E-state index contributed by atoms with van der Waals surface area (Å²) in [5, 5.41) is 12.1. The van der Waals surface area contributed by atoms with Gasteiger partial charge in [0.1, 0.15) is 11.5 Å². The maximum atomic E-state index is 13.5. The summed E-state index contributed by atoms with van der Waals surface area (Å²) in [5.41, 5.74) is -0.344. The summed E-state index contributed by atoms with van der Waals surface area (Å²) < 4.78 is 38.4. The number of benzene rings is 2. The SMILES string of the molecule is COc1ccc2cc(CN(Cc3ccco3)S(=O)(=O)c3ccccc3[N+](=O)[O-])c(=O)[nH]c2c1. The van der Waals surface area contributed by atoms with Crippen molar-refractivity contribution in [2.75, 3.05) is 7.11 Å². The van der Waals surface area contributed by atoms with E-state index in [2.05, 4.69) is 4.98 Å². The first-order valence-corrected chi connectivity index (χ1v) is 11.2. The molecule has 0 amide bonds. The molecule has 0 atom stereocenters. The zero-order valence-corrected chi connectivity index (χ0v) is 18.2. The number of para-hydroxylation sites is 1. The molecule has 0 aliphatic heterocycles. The number of hydrogen-bond donors (Lipinski definition) is 1. The van der Waals surface area contributed by atoms with Gasteiger partial charge in [-0.1, -0.05) is 12.1 Å². The minimum atomic E-state index is -4.37. The average Bonchev–Trinajstić information content (AvgIpc) is 3.32. The Morgan fingerprint density at radius 1 is 1.09 bits per heavy atom. The van der Waals surface area contributed by atoms with Gasteiger partial charge >= 0.3 is 0 Å². The quantitative estimate of drug-likeness (QED) is 0.308. The molecule has 0 saturated heterocycles. The number of ether oxygens (including phenoxy) is 1. The van der Waals surface area contributed by atoms with Crippen molar-refractivity contribution in [3.8, 4) is 5.75 Å². The van der Waals surface area contributed by atoms with Gasteiger partial charge in [-0.25, -0.2) is 8.42 Å². The highest BCUT2D eigenvalue weighted by Gasteiger charge is 2.32. The van der Waals surface area contributed by atoms with Crippen LogP contribution in [0.2, 0.25) is 0 Å². The second-order valence-corrected chi connectivity index (χ2v) is 9.06. The van der Waals surface area contributed by atoms with Crippen molar-refractivity contribution in [3.63, 3.8) is 0 Å². The molecule has 4 aromatic rings. The van der Waals surface area contributed by atoms with Gasteiger partial charge in [0.15, 0.2) is 4.90 Å². The Morgan fingerprint density at radius 3 is 2.58 bits per heavy atom. The molecule has 0 aliphatic carbocycles. The number of fused-ring (bicyclic) bond motifs is 1. The van der Waals surface area contributed by atoms with Crippen molar-refractivity contribution in [3.05, 3.63) is 98.7 Å². The Balaban J connectivity index is 1.80. The molecule has 0 fully saturated rings. The van der Waals surface area contributed by atoms with Gasteiger partial charge in [0.05, 0.1) is 30.4 Å². The number of rotatable bonds is 8. The molecular weight excluding hydrogens is 450 g/mol. The van der Waals surface area contributed by atoms with E-state index in [1.165, 1.54) is 31.6 Å². The van der Waals surface area contributed by atoms with E-state index in [9.17, 15) is 23.3 Å². The Labute approximate surface area is 188 Å². The fourth-order valence-corrected chi connectivity index (χ4v) is 4.97.